The lowest BCUT2D eigenvalue weighted by Gasteiger charge is -2.18. The van der Waals surface area contributed by atoms with Crippen molar-refractivity contribution >= 4 is 23.2 Å². The first-order valence-electron chi connectivity index (χ1n) is 6.41. The van der Waals surface area contributed by atoms with Crippen molar-refractivity contribution in [2.45, 2.75) is 19.6 Å². The molecule has 1 N–H and O–H groups in total. The van der Waals surface area contributed by atoms with Crippen LogP contribution in [-0.2, 0) is 6.61 Å². The molecule has 0 amide bonds. The molecule has 0 fully saturated rings. The first-order chi connectivity index (χ1) is 10.5. The molecule has 0 aliphatic heterocycles. The van der Waals surface area contributed by atoms with Gasteiger partial charge in [0.05, 0.1) is 24.9 Å². The molecule has 0 aliphatic carbocycles. The van der Waals surface area contributed by atoms with Crippen LogP contribution in [0.4, 0.5) is 4.39 Å². The minimum Gasteiger partial charge on any atom is -0.484 e. The van der Waals surface area contributed by atoms with Crippen LogP contribution in [0.2, 0.25) is 10.0 Å². The number of methoxy groups -OCH3 is 1. The molecule has 2 rings (SSSR count). The average Bonchev–Trinajstić information content (AvgIpc) is 2.51. The van der Waals surface area contributed by atoms with Crippen molar-refractivity contribution in [2.24, 2.45) is 0 Å². The van der Waals surface area contributed by atoms with Gasteiger partial charge in [0, 0.05) is 16.1 Å². The van der Waals surface area contributed by atoms with E-state index in [0.29, 0.717) is 27.8 Å². The van der Waals surface area contributed by atoms with Crippen molar-refractivity contribution in [1.82, 2.24) is 4.98 Å². The van der Waals surface area contributed by atoms with Crippen LogP contribution in [0.3, 0.4) is 0 Å². The molecule has 0 spiro atoms. The van der Waals surface area contributed by atoms with Gasteiger partial charge in [0.15, 0.2) is 0 Å². The maximum Gasteiger partial charge on any atom is 0.218 e. The van der Waals surface area contributed by atoms with Crippen molar-refractivity contribution in [3.63, 3.8) is 0 Å². The van der Waals surface area contributed by atoms with Crippen LogP contribution in [0, 0.1) is 5.82 Å². The average molecular weight is 346 g/mol. The molecule has 118 valence electrons. The zero-order chi connectivity index (χ0) is 16.3. The van der Waals surface area contributed by atoms with Crippen molar-refractivity contribution in [2.75, 3.05) is 7.11 Å². The molecule has 1 aromatic carbocycles. The number of rotatable bonds is 5. The fraction of sp³-hybridized carbons (Fsp3) is 0.267. The van der Waals surface area contributed by atoms with Crippen LogP contribution in [0.25, 0.3) is 0 Å². The number of halogens is 3. The Morgan fingerprint density at radius 2 is 2.09 bits per heavy atom. The summed E-state index contributed by atoms with van der Waals surface area (Å²) in [6.07, 6.45) is 0.840. The molecule has 1 aromatic heterocycles. The molecule has 0 saturated carbocycles. The molecule has 0 radical (unpaired) electrons. The van der Waals surface area contributed by atoms with Gasteiger partial charge in [-0.2, -0.15) is 0 Å². The lowest BCUT2D eigenvalue weighted by Crippen LogP contribution is -2.07. The van der Waals surface area contributed by atoms with Crippen molar-refractivity contribution in [1.29, 1.82) is 0 Å². The second kappa shape index (κ2) is 7.13. The molecule has 2 aromatic rings. The Morgan fingerprint density at radius 3 is 2.73 bits per heavy atom. The number of pyridine rings is 1. The van der Waals surface area contributed by atoms with E-state index < -0.39 is 11.9 Å². The first kappa shape index (κ1) is 16.8. The predicted molar refractivity (Wildman–Crippen MR) is 82.2 cm³/mol. The summed E-state index contributed by atoms with van der Waals surface area (Å²) in [5.41, 5.74) is 0.827. The van der Waals surface area contributed by atoms with E-state index in [2.05, 4.69) is 4.98 Å². The van der Waals surface area contributed by atoms with Crippen LogP contribution >= 0.6 is 23.2 Å². The largest absolute Gasteiger partial charge is 0.484 e. The van der Waals surface area contributed by atoms with Crippen molar-refractivity contribution < 1.29 is 19.0 Å². The minimum absolute atomic E-state index is 0.0798. The van der Waals surface area contributed by atoms with Gasteiger partial charge in [-0.05, 0) is 25.1 Å². The summed E-state index contributed by atoms with van der Waals surface area (Å²) in [6, 6.07) is 4.20. The normalized spacial score (nSPS) is 12.1. The van der Waals surface area contributed by atoms with Gasteiger partial charge in [0.25, 0.3) is 0 Å². The van der Waals surface area contributed by atoms with Gasteiger partial charge in [-0.1, -0.05) is 23.2 Å². The summed E-state index contributed by atoms with van der Waals surface area (Å²) in [7, 11) is 1.46. The van der Waals surface area contributed by atoms with Gasteiger partial charge < -0.3 is 14.6 Å². The summed E-state index contributed by atoms with van der Waals surface area (Å²) < 4.78 is 24.3. The maximum absolute atomic E-state index is 13.6. The van der Waals surface area contributed by atoms with E-state index in [4.69, 9.17) is 32.7 Å². The van der Waals surface area contributed by atoms with E-state index in [0.717, 1.165) is 0 Å². The highest BCUT2D eigenvalue weighted by Gasteiger charge is 2.19. The van der Waals surface area contributed by atoms with Gasteiger partial charge in [0.1, 0.15) is 17.7 Å². The maximum atomic E-state index is 13.6. The Kier molecular flexibility index (Phi) is 5.45. The zero-order valence-corrected chi connectivity index (χ0v) is 13.5. The van der Waals surface area contributed by atoms with Crippen LogP contribution in [0.1, 0.15) is 24.2 Å². The summed E-state index contributed by atoms with van der Waals surface area (Å²) in [6.45, 7) is 1.44. The molecule has 4 nitrogen and oxygen atoms in total. The number of aliphatic hydroxyl groups excluding tert-OH is 1. The molecule has 7 heteroatoms. The molecule has 0 aliphatic rings. The Bertz CT molecular complexity index is 682. The van der Waals surface area contributed by atoms with Gasteiger partial charge in [-0.15, -0.1) is 0 Å². The SMILES string of the molecule is COc1ncc(O[C@H](C)c2c(Cl)ccc(F)c2Cl)cc1CO. The van der Waals surface area contributed by atoms with E-state index in [1.807, 2.05) is 0 Å². The quantitative estimate of drug-likeness (QED) is 0.826. The molecule has 22 heavy (non-hydrogen) atoms. The van der Waals surface area contributed by atoms with Crippen LogP contribution in [0.15, 0.2) is 24.4 Å². The summed E-state index contributed by atoms with van der Waals surface area (Å²) >= 11 is 12.0. The lowest BCUT2D eigenvalue weighted by molar-refractivity contribution is 0.222. The molecular weight excluding hydrogens is 332 g/mol. The first-order valence-corrected chi connectivity index (χ1v) is 7.17. The number of benzene rings is 1. The van der Waals surface area contributed by atoms with Crippen LogP contribution < -0.4 is 9.47 Å². The number of aliphatic hydroxyl groups is 1. The Hall–Kier alpha value is -1.56. The molecule has 0 unspecified atom stereocenters. The summed E-state index contributed by atoms with van der Waals surface area (Å²) in [5.74, 6) is 0.124. The number of hydrogen-bond donors (Lipinski definition) is 1. The van der Waals surface area contributed by atoms with Crippen LogP contribution in [-0.4, -0.2) is 17.2 Å². The third-order valence-corrected chi connectivity index (χ3v) is 3.78. The summed E-state index contributed by atoms with van der Waals surface area (Å²) in [4.78, 5) is 4.03. The minimum atomic E-state index is -0.600. The van der Waals surface area contributed by atoms with E-state index >= 15 is 0 Å². The monoisotopic (exact) mass is 345 g/mol. The third kappa shape index (κ3) is 3.43. The molecule has 0 saturated heterocycles. The van der Waals surface area contributed by atoms with Crippen molar-refractivity contribution in [3.05, 3.63) is 51.4 Å². The number of nitrogens with zero attached hydrogens (tertiary/aromatic N) is 1. The van der Waals surface area contributed by atoms with E-state index in [-0.39, 0.29) is 11.6 Å². The number of ether oxygens (including phenoxy) is 2. The summed E-state index contributed by atoms with van der Waals surface area (Å²) in [5, 5.41) is 9.51. The highest BCUT2D eigenvalue weighted by molar-refractivity contribution is 6.36. The Balaban J connectivity index is 2.30. The Labute approximate surface area is 137 Å². The number of hydrogen-bond acceptors (Lipinski definition) is 4. The molecular formula is C15H14Cl2FNO3. The van der Waals surface area contributed by atoms with Gasteiger partial charge in [0.2, 0.25) is 5.88 Å². The third-order valence-electron chi connectivity index (χ3n) is 3.06. The van der Waals surface area contributed by atoms with Gasteiger partial charge >= 0.3 is 0 Å². The van der Waals surface area contributed by atoms with Crippen LogP contribution in [0.5, 0.6) is 11.6 Å². The lowest BCUT2D eigenvalue weighted by atomic mass is 10.1. The topological polar surface area (TPSA) is 51.6 Å². The second-order valence-corrected chi connectivity index (χ2v) is 5.30. The van der Waals surface area contributed by atoms with E-state index in [1.54, 1.807) is 13.0 Å². The number of aromatic nitrogens is 1. The van der Waals surface area contributed by atoms with Crippen molar-refractivity contribution in [3.8, 4) is 11.6 Å². The molecule has 1 heterocycles. The second-order valence-electron chi connectivity index (χ2n) is 4.51. The zero-order valence-electron chi connectivity index (χ0n) is 11.9. The Morgan fingerprint density at radius 1 is 1.36 bits per heavy atom. The van der Waals surface area contributed by atoms with Gasteiger partial charge in [-0.3, -0.25) is 0 Å². The molecule has 0 bridgehead atoms. The van der Waals surface area contributed by atoms with E-state index in [9.17, 15) is 9.50 Å². The van der Waals surface area contributed by atoms with Gasteiger partial charge in [-0.25, -0.2) is 9.37 Å². The standard InChI is InChI=1S/C15H14Cl2FNO3/c1-8(13-11(16)3-4-12(18)14(13)17)22-10-5-9(7-20)15(21-2)19-6-10/h3-6,8,20H,7H2,1-2H3/t8-/m1/s1. The van der Waals surface area contributed by atoms with E-state index in [1.165, 1.54) is 25.4 Å². The predicted octanol–water partition coefficient (Wildman–Crippen LogP) is 4.17. The fourth-order valence-electron chi connectivity index (χ4n) is 2.02. The highest BCUT2D eigenvalue weighted by Crippen LogP contribution is 2.35. The smallest absolute Gasteiger partial charge is 0.218 e. The fourth-order valence-corrected chi connectivity index (χ4v) is 2.69. The highest BCUT2D eigenvalue weighted by atomic mass is 35.5. The molecule has 1 atom stereocenters.